The van der Waals surface area contributed by atoms with Crippen molar-refractivity contribution >= 4 is 21.7 Å². The fourth-order valence-corrected chi connectivity index (χ4v) is 2.57. The lowest BCUT2D eigenvalue weighted by Crippen LogP contribution is -2.14. The highest BCUT2D eigenvalue weighted by Gasteiger charge is 2.15. The minimum absolute atomic E-state index is 0.150. The molecule has 0 saturated heterocycles. The van der Waals surface area contributed by atoms with E-state index >= 15 is 0 Å². The van der Waals surface area contributed by atoms with Crippen molar-refractivity contribution in [1.82, 2.24) is 9.97 Å². The molecule has 2 aromatic rings. The van der Waals surface area contributed by atoms with Crippen LogP contribution in [0.4, 0.5) is 11.6 Å². The summed E-state index contributed by atoms with van der Waals surface area (Å²) in [6, 6.07) is 7.97. The minimum atomic E-state index is -3.65. The third kappa shape index (κ3) is 3.67. The summed E-state index contributed by atoms with van der Waals surface area (Å²) in [6.45, 7) is 2.76. The molecule has 0 bridgehead atoms. The second-order valence-electron chi connectivity index (χ2n) is 4.12. The van der Waals surface area contributed by atoms with Gasteiger partial charge in [0.25, 0.3) is 10.0 Å². The molecule has 0 aliphatic rings. The van der Waals surface area contributed by atoms with Gasteiger partial charge in [0, 0.05) is 25.0 Å². The highest BCUT2D eigenvalue weighted by atomic mass is 32.2. The zero-order chi connectivity index (χ0) is 14.4. The Morgan fingerprint density at radius 2 is 1.90 bits per heavy atom. The van der Waals surface area contributed by atoms with Crippen LogP contribution in [0.5, 0.6) is 0 Å². The number of hydrogen-bond acceptors (Lipinski definition) is 5. The summed E-state index contributed by atoms with van der Waals surface area (Å²) >= 11 is 0. The Bertz CT molecular complexity index is 659. The van der Waals surface area contributed by atoms with Crippen LogP contribution in [-0.2, 0) is 10.0 Å². The van der Waals surface area contributed by atoms with Crippen molar-refractivity contribution in [3.63, 3.8) is 0 Å². The van der Waals surface area contributed by atoms with Gasteiger partial charge in [-0.1, -0.05) is 13.0 Å². The number of aromatic nitrogens is 2. The van der Waals surface area contributed by atoms with E-state index in [1.54, 1.807) is 18.2 Å². The summed E-state index contributed by atoms with van der Waals surface area (Å²) in [5.41, 5.74) is 0. The molecular formula is C13H16N4O2S. The molecule has 6 nitrogen and oxygen atoms in total. The lowest BCUT2D eigenvalue weighted by molar-refractivity contribution is 0.601. The fourth-order valence-electron chi connectivity index (χ4n) is 1.55. The molecule has 0 saturated carbocycles. The van der Waals surface area contributed by atoms with Crippen molar-refractivity contribution in [3.05, 3.63) is 42.7 Å². The lowest BCUT2D eigenvalue weighted by Gasteiger charge is -2.09. The Morgan fingerprint density at radius 1 is 1.10 bits per heavy atom. The number of sulfonamides is 1. The van der Waals surface area contributed by atoms with E-state index in [2.05, 4.69) is 20.0 Å². The van der Waals surface area contributed by atoms with Crippen molar-refractivity contribution in [2.75, 3.05) is 16.6 Å². The van der Waals surface area contributed by atoms with E-state index in [1.807, 2.05) is 6.92 Å². The van der Waals surface area contributed by atoms with Gasteiger partial charge in [0.15, 0.2) is 0 Å². The van der Waals surface area contributed by atoms with Gasteiger partial charge in [-0.3, -0.25) is 4.72 Å². The van der Waals surface area contributed by atoms with Crippen molar-refractivity contribution in [3.8, 4) is 0 Å². The van der Waals surface area contributed by atoms with Crippen molar-refractivity contribution in [2.45, 2.75) is 18.2 Å². The van der Waals surface area contributed by atoms with Crippen molar-refractivity contribution in [2.24, 2.45) is 0 Å². The van der Waals surface area contributed by atoms with Crippen LogP contribution in [0.3, 0.4) is 0 Å². The van der Waals surface area contributed by atoms with E-state index in [1.165, 1.54) is 24.5 Å². The zero-order valence-electron chi connectivity index (χ0n) is 11.1. The van der Waals surface area contributed by atoms with Crippen LogP contribution in [-0.4, -0.2) is 24.9 Å². The van der Waals surface area contributed by atoms with Crippen LogP contribution < -0.4 is 10.0 Å². The van der Waals surface area contributed by atoms with Gasteiger partial charge in [-0.15, -0.1) is 0 Å². The monoisotopic (exact) mass is 292 g/mol. The molecule has 0 aliphatic heterocycles. The summed E-state index contributed by atoms with van der Waals surface area (Å²) in [5, 5.41) is 3.05. The smallest absolute Gasteiger partial charge is 0.263 e. The zero-order valence-corrected chi connectivity index (χ0v) is 11.9. The van der Waals surface area contributed by atoms with E-state index in [9.17, 15) is 8.42 Å². The lowest BCUT2D eigenvalue weighted by atomic mass is 10.4. The number of hydrogen-bond donors (Lipinski definition) is 2. The van der Waals surface area contributed by atoms with Gasteiger partial charge in [-0.05, 0) is 24.6 Å². The number of nitrogens with one attached hydrogen (secondary N) is 2. The summed E-state index contributed by atoms with van der Waals surface area (Å²) in [6.07, 6.45) is 3.93. The van der Waals surface area contributed by atoms with Gasteiger partial charge in [-0.25, -0.2) is 18.4 Å². The predicted octanol–water partition coefficient (Wildman–Crippen LogP) is 2.10. The standard InChI is InChI=1S/C13H16N4O2S/c1-2-7-14-13-10-11(6-9-16-13)20(18,19)17-12-5-3-4-8-15-12/h3-6,8-10H,2,7H2,1H3,(H,14,16)(H,15,17). The molecule has 0 aromatic carbocycles. The van der Waals surface area contributed by atoms with E-state index in [-0.39, 0.29) is 10.7 Å². The fraction of sp³-hybridized carbons (Fsp3) is 0.231. The predicted molar refractivity (Wildman–Crippen MR) is 78.1 cm³/mol. The van der Waals surface area contributed by atoms with E-state index in [0.717, 1.165) is 13.0 Å². The van der Waals surface area contributed by atoms with Gasteiger partial charge >= 0.3 is 0 Å². The maximum Gasteiger partial charge on any atom is 0.263 e. The Kier molecular flexibility index (Phi) is 4.52. The minimum Gasteiger partial charge on any atom is -0.370 e. The van der Waals surface area contributed by atoms with Crippen molar-refractivity contribution < 1.29 is 8.42 Å². The highest BCUT2D eigenvalue weighted by molar-refractivity contribution is 7.92. The van der Waals surface area contributed by atoms with Crippen LogP contribution in [0, 0.1) is 0 Å². The first-order valence-corrected chi connectivity index (χ1v) is 7.74. The second kappa shape index (κ2) is 6.33. The Balaban J connectivity index is 2.21. The number of nitrogens with zero attached hydrogens (tertiary/aromatic N) is 2. The molecule has 0 amide bonds. The molecule has 2 heterocycles. The average Bonchev–Trinajstić information content (AvgIpc) is 2.46. The summed E-state index contributed by atoms with van der Waals surface area (Å²) < 4.78 is 26.9. The number of anilines is 2. The molecule has 0 radical (unpaired) electrons. The molecule has 0 aliphatic carbocycles. The quantitative estimate of drug-likeness (QED) is 0.851. The average molecular weight is 292 g/mol. The SMILES string of the molecule is CCCNc1cc(S(=O)(=O)Nc2ccccn2)ccn1. The first-order chi connectivity index (χ1) is 9.62. The largest absolute Gasteiger partial charge is 0.370 e. The van der Waals surface area contributed by atoms with Gasteiger partial charge < -0.3 is 5.32 Å². The second-order valence-corrected chi connectivity index (χ2v) is 5.81. The van der Waals surface area contributed by atoms with E-state index in [0.29, 0.717) is 5.82 Å². The van der Waals surface area contributed by atoms with Gasteiger partial charge in [0.2, 0.25) is 0 Å². The first-order valence-electron chi connectivity index (χ1n) is 6.25. The normalized spacial score (nSPS) is 11.1. The van der Waals surface area contributed by atoms with Crippen molar-refractivity contribution in [1.29, 1.82) is 0 Å². The summed E-state index contributed by atoms with van der Waals surface area (Å²) in [5.74, 6) is 0.822. The molecule has 2 N–H and O–H groups in total. The molecule has 2 aromatic heterocycles. The van der Waals surface area contributed by atoms with Crippen LogP contribution >= 0.6 is 0 Å². The Labute approximate surface area is 118 Å². The number of pyridine rings is 2. The molecule has 0 unspecified atom stereocenters. The van der Waals surface area contributed by atoms with Gasteiger partial charge in [0.1, 0.15) is 11.6 Å². The molecule has 106 valence electrons. The van der Waals surface area contributed by atoms with Crippen LogP contribution in [0.1, 0.15) is 13.3 Å². The van der Waals surface area contributed by atoms with Crippen LogP contribution in [0.25, 0.3) is 0 Å². The van der Waals surface area contributed by atoms with E-state index in [4.69, 9.17) is 0 Å². The Morgan fingerprint density at radius 3 is 2.60 bits per heavy atom. The molecule has 20 heavy (non-hydrogen) atoms. The molecular weight excluding hydrogens is 276 g/mol. The van der Waals surface area contributed by atoms with Crippen LogP contribution in [0.2, 0.25) is 0 Å². The maximum atomic E-state index is 12.2. The molecule has 0 atom stereocenters. The van der Waals surface area contributed by atoms with E-state index < -0.39 is 10.0 Å². The summed E-state index contributed by atoms with van der Waals surface area (Å²) in [4.78, 5) is 8.17. The molecule has 7 heteroatoms. The summed E-state index contributed by atoms with van der Waals surface area (Å²) in [7, 11) is -3.65. The third-order valence-corrected chi connectivity index (χ3v) is 3.85. The molecule has 0 fully saturated rings. The highest BCUT2D eigenvalue weighted by Crippen LogP contribution is 2.16. The molecule has 2 rings (SSSR count). The topological polar surface area (TPSA) is 84.0 Å². The third-order valence-electron chi connectivity index (χ3n) is 2.50. The Hall–Kier alpha value is -2.15. The maximum absolute atomic E-state index is 12.2. The van der Waals surface area contributed by atoms with Gasteiger partial charge in [-0.2, -0.15) is 0 Å². The molecule has 0 spiro atoms. The number of rotatable bonds is 6. The van der Waals surface area contributed by atoms with Gasteiger partial charge in [0.05, 0.1) is 4.90 Å². The first kappa shape index (κ1) is 14.3. The van der Waals surface area contributed by atoms with Crippen LogP contribution in [0.15, 0.2) is 47.6 Å².